The Bertz CT molecular complexity index is 635. The number of terminal acetylenes is 1. The molecule has 1 aromatic carbocycles. The molecule has 3 heteroatoms. The lowest BCUT2D eigenvalue weighted by atomic mass is 10.0. The number of nitrogens with zero attached hydrogens (tertiary/aromatic N) is 2. The van der Waals surface area contributed by atoms with Crippen LogP contribution >= 0.6 is 0 Å². The van der Waals surface area contributed by atoms with Gasteiger partial charge in [0.1, 0.15) is 0 Å². The molecule has 0 saturated carbocycles. The molecule has 0 amide bonds. The zero-order valence-electron chi connectivity index (χ0n) is 11.5. The molecule has 0 fully saturated rings. The first kappa shape index (κ1) is 15.4. The van der Waals surface area contributed by atoms with Gasteiger partial charge in [-0.05, 0) is 25.0 Å². The molecule has 0 aromatic heterocycles. The number of hydrogen-bond donors (Lipinski definition) is 0. The molecule has 1 aromatic rings. The second-order valence-electron chi connectivity index (χ2n) is 4.27. The quantitative estimate of drug-likeness (QED) is 0.201. The van der Waals surface area contributed by atoms with Crippen molar-refractivity contribution >= 4 is 11.5 Å². The highest BCUT2D eigenvalue weighted by Crippen LogP contribution is 2.09. The van der Waals surface area contributed by atoms with E-state index in [0.29, 0.717) is 11.1 Å². The molecule has 0 bridgehead atoms. The Balaban J connectivity index is 2.82. The van der Waals surface area contributed by atoms with Gasteiger partial charge in [0.05, 0.1) is 0 Å². The number of carbonyl (C=O) groups excluding carboxylic acids is 1. The first-order valence-electron chi connectivity index (χ1n) is 6.45. The smallest absolute Gasteiger partial charge is 0.336 e. The van der Waals surface area contributed by atoms with E-state index in [4.69, 9.17) is 12.0 Å². The predicted molar refractivity (Wildman–Crippen MR) is 79.3 cm³/mol. The molecule has 0 atom stereocenters. The van der Waals surface area contributed by atoms with Crippen LogP contribution in [0, 0.1) is 24.2 Å². The van der Waals surface area contributed by atoms with Crippen LogP contribution in [0.1, 0.15) is 48.5 Å². The first-order chi connectivity index (χ1) is 9.70. The van der Waals surface area contributed by atoms with Gasteiger partial charge in [0.15, 0.2) is 0 Å². The highest BCUT2D eigenvalue weighted by atomic mass is 16.1. The number of hydrogen-bond acceptors (Lipinski definition) is 1. The van der Waals surface area contributed by atoms with Crippen LogP contribution in [0.25, 0.3) is 5.53 Å². The van der Waals surface area contributed by atoms with Crippen LogP contribution in [-0.4, -0.2) is 16.3 Å². The van der Waals surface area contributed by atoms with Gasteiger partial charge in [0, 0.05) is 30.9 Å². The Labute approximate surface area is 119 Å². The highest BCUT2D eigenvalue weighted by molar-refractivity contribution is 6.43. The summed E-state index contributed by atoms with van der Waals surface area (Å²) < 4.78 is 0. The molecule has 0 aliphatic heterocycles. The average molecular weight is 264 g/mol. The van der Waals surface area contributed by atoms with Crippen molar-refractivity contribution in [2.75, 3.05) is 0 Å². The molecule has 0 saturated heterocycles. The van der Waals surface area contributed by atoms with Gasteiger partial charge in [-0.3, -0.25) is 4.79 Å². The summed E-state index contributed by atoms with van der Waals surface area (Å²) in [4.78, 5) is 14.9. The van der Waals surface area contributed by atoms with Crippen molar-refractivity contribution in [3.63, 3.8) is 0 Å². The number of unbranched alkanes of at least 4 members (excludes halogenated alkanes) is 3. The predicted octanol–water partition coefficient (Wildman–Crippen LogP) is 3.11. The van der Waals surface area contributed by atoms with E-state index in [2.05, 4.69) is 22.6 Å². The number of rotatable bonds is 5. The normalized spacial score (nSPS) is 8.80. The van der Waals surface area contributed by atoms with E-state index in [1.165, 1.54) is 6.92 Å². The van der Waals surface area contributed by atoms with Crippen LogP contribution in [0.4, 0.5) is 0 Å². The van der Waals surface area contributed by atoms with Gasteiger partial charge >= 0.3 is 5.71 Å². The minimum Gasteiger partial charge on any atom is -0.361 e. The fraction of sp³-hybridized carbons (Fsp3) is 0.294. The maximum Gasteiger partial charge on any atom is 0.336 e. The fourth-order valence-electron chi connectivity index (χ4n) is 1.63. The van der Waals surface area contributed by atoms with Crippen LogP contribution in [-0.2, 0) is 0 Å². The van der Waals surface area contributed by atoms with Gasteiger partial charge in [-0.25, -0.2) is 0 Å². The molecule has 3 nitrogen and oxygen atoms in total. The summed E-state index contributed by atoms with van der Waals surface area (Å²) in [6, 6.07) is 7.05. The number of ketones is 1. The molecule has 20 heavy (non-hydrogen) atoms. The van der Waals surface area contributed by atoms with Gasteiger partial charge in [0.2, 0.25) is 0 Å². The zero-order valence-corrected chi connectivity index (χ0v) is 11.5. The molecular weight excluding hydrogens is 248 g/mol. The average Bonchev–Trinajstić information content (AvgIpc) is 2.49. The Morgan fingerprint density at radius 1 is 1.30 bits per heavy atom. The van der Waals surface area contributed by atoms with Crippen LogP contribution in [0.2, 0.25) is 0 Å². The maximum atomic E-state index is 12.0. The Morgan fingerprint density at radius 3 is 2.70 bits per heavy atom. The van der Waals surface area contributed by atoms with Gasteiger partial charge in [-0.1, -0.05) is 24.0 Å². The molecule has 100 valence electrons. The maximum absolute atomic E-state index is 12.0. The van der Waals surface area contributed by atoms with Gasteiger partial charge in [-0.2, -0.15) is 4.79 Å². The van der Waals surface area contributed by atoms with E-state index in [0.717, 1.165) is 25.7 Å². The lowest BCUT2D eigenvalue weighted by Gasteiger charge is -1.98. The summed E-state index contributed by atoms with van der Waals surface area (Å²) in [5.74, 6) is 8.31. The van der Waals surface area contributed by atoms with E-state index < -0.39 is 0 Å². The van der Waals surface area contributed by atoms with Crippen molar-refractivity contribution in [2.24, 2.45) is 0 Å². The van der Waals surface area contributed by atoms with Gasteiger partial charge in [-0.15, -0.1) is 12.3 Å². The Morgan fingerprint density at radius 2 is 2.00 bits per heavy atom. The van der Waals surface area contributed by atoms with Crippen LogP contribution in [0.5, 0.6) is 0 Å². The first-order valence-corrected chi connectivity index (χ1v) is 6.45. The van der Waals surface area contributed by atoms with Gasteiger partial charge in [0.25, 0.3) is 5.78 Å². The Kier molecular flexibility index (Phi) is 6.55. The Hall–Kier alpha value is -2.61. The second-order valence-corrected chi connectivity index (χ2v) is 4.27. The summed E-state index contributed by atoms with van der Waals surface area (Å²) in [5, 5.41) is 0. The van der Waals surface area contributed by atoms with Crippen molar-refractivity contribution in [1.29, 1.82) is 0 Å². The van der Waals surface area contributed by atoms with Crippen molar-refractivity contribution in [1.82, 2.24) is 0 Å². The highest BCUT2D eigenvalue weighted by Gasteiger charge is 2.18. The SMILES string of the molecule is C#CCCCCC#Cc1ccccc1C(=O)C(C)=[N+]=[N-]. The third-order valence-corrected chi connectivity index (χ3v) is 2.75. The standard InChI is InChI=1S/C17H16N2O/c1-3-4-5-6-7-8-11-15-12-9-10-13-16(15)17(20)14(2)19-18/h1,9-10,12-13H,4-7H2,2H3. The molecule has 0 N–H and O–H groups in total. The van der Waals surface area contributed by atoms with Crippen molar-refractivity contribution in [2.45, 2.75) is 32.6 Å². The van der Waals surface area contributed by atoms with Gasteiger partial charge < -0.3 is 5.53 Å². The lowest BCUT2D eigenvalue weighted by molar-refractivity contribution is -0.00678. The zero-order chi connectivity index (χ0) is 14.8. The fourth-order valence-corrected chi connectivity index (χ4v) is 1.63. The second kappa shape index (κ2) is 8.48. The molecule has 0 aliphatic rings. The van der Waals surface area contributed by atoms with E-state index in [-0.39, 0.29) is 11.5 Å². The van der Waals surface area contributed by atoms with Crippen LogP contribution in [0.3, 0.4) is 0 Å². The third-order valence-electron chi connectivity index (χ3n) is 2.75. The molecule has 0 heterocycles. The number of carbonyl (C=O) groups is 1. The minimum atomic E-state index is -0.315. The largest absolute Gasteiger partial charge is 0.361 e. The monoisotopic (exact) mass is 264 g/mol. The summed E-state index contributed by atoms with van der Waals surface area (Å²) in [6.07, 6.45) is 8.60. The number of benzene rings is 1. The van der Waals surface area contributed by atoms with E-state index in [9.17, 15) is 4.79 Å². The molecule has 0 unspecified atom stereocenters. The minimum absolute atomic E-state index is 0.0493. The third kappa shape index (κ3) is 4.58. The molecule has 0 spiro atoms. The van der Waals surface area contributed by atoms with Crippen LogP contribution in [0.15, 0.2) is 24.3 Å². The lowest BCUT2D eigenvalue weighted by Crippen LogP contribution is -2.12. The molecule has 0 aliphatic carbocycles. The molecule has 1 rings (SSSR count). The van der Waals surface area contributed by atoms with Crippen LogP contribution < -0.4 is 0 Å². The number of Topliss-reactive ketones (excluding diaryl/α,β-unsaturated/α-hetero) is 1. The van der Waals surface area contributed by atoms with Crippen molar-refractivity contribution < 1.29 is 9.58 Å². The summed E-state index contributed by atoms with van der Waals surface area (Å²) in [7, 11) is 0. The molecule has 0 radical (unpaired) electrons. The summed E-state index contributed by atoms with van der Waals surface area (Å²) >= 11 is 0. The van der Waals surface area contributed by atoms with E-state index in [1.54, 1.807) is 18.2 Å². The molecular formula is C17H16N2O. The summed E-state index contributed by atoms with van der Waals surface area (Å²) in [6.45, 7) is 1.46. The summed E-state index contributed by atoms with van der Waals surface area (Å²) in [5.41, 5.74) is 9.83. The van der Waals surface area contributed by atoms with Crippen molar-refractivity contribution in [3.05, 3.63) is 40.9 Å². The van der Waals surface area contributed by atoms with Crippen molar-refractivity contribution in [3.8, 4) is 24.2 Å². The van der Waals surface area contributed by atoms with E-state index >= 15 is 0 Å². The van der Waals surface area contributed by atoms with E-state index in [1.807, 2.05) is 6.07 Å². The topological polar surface area (TPSA) is 53.5 Å².